The second kappa shape index (κ2) is 7.45. The van der Waals surface area contributed by atoms with E-state index in [4.69, 9.17) is 34.0 Å². The molecule has 6 heteroatoms. The molecule has 2 unspecified atom stereocenters. The Bertz CT molecular complexity index is 510. The summed E-state index contributed by atoms with van der Waals surface area (Å²) < 4.78 is 0. The highest BCUT2D eigenvalue weighted by atomic mass is 35.5. The van der Waals surface area contributed by atoms with E-state index in [0.29, 0.717) is 28.9 Å². The van der Waals surface area contributed by atoms with Crippen LogP contribution in [0.3, 0.4) is 0 Å². The van der Waals surface area contributed by atoms with Crippen molar-refractivity contribution in [2.45, 2.75) is 31.8 Å². The molecule has 0 aliphatic carbocycles. The van der Waals surface area contributed by atoms with E-state index in [1.165, 1.54) is 0 Å². The monoisotopic (exact) mass is 330 g/mol. The molecular weight excluding hydrogens is 311 g/mol. The molecule has 0 saturated carbocycles. The zero-order valence-corrected chi connectivity index (χ0v) is 13.3. The summed E-state index contributed by atoms with van der Waals surface area (Å²) in [5.74, 6) is -0.419. The van der Waals surface area contributed by atoms with Crippen LogP contribution in [0.25, 0.3) is 0 Å². The summed E-state index contributed by atoms with van der Waals surface area (Å²) in [6.07, 6.45) is 1.76. The van der Waals surface area contributed by atoms with Crippen LogP contribution in [0, 0.1) is 5.92 Å². The van der Waals surface area contributed by atoms with Gasteiger partial charge in [0, 0.05) is 42.1 Å². The van der Waals surface area contributed by atoms with E-state index in [1.807, 2.05) is 12.1 Å². The fraction of sp³-hybridized carbons (Fsp3) is 0.533. The van der Waals surface area contributed by atoms with Crippen molar-refractivity contribution in [2.24, 2.45) is 11.7 Å². The van der Waals surface area contributed by atoms with Gasteiger partial charge in [-0.2, -0.15) is 0 Å². The Morgan fingerprint density at radius 3 is 2.81 bits per heavy atom. The topological polar surface area (TPSA) is 66.6 Å². The lowest BCUT2D eigenvalue weighted by Crippen LogP contribution is -2.46. The molecule has 1 aromatic carbocycles. The molecule has 2 atom stereocenters. The summed E-state index contributed by atoms with van der Waals surface area (Å²) in [4.78, 5) is 12.9. The number of carboxylic acid groups (broad SMARTS) is 1. The molecule has 1 saturated heterocycles. The summed E-state index contributed by atoms with van der Waals surface area (Å²) in [6, 6.07) is 5.58. The number of carboxylic acids is 1. The van der Waals surface area contributed by atoms with Gasteiger partial charge in [-0.25, -0.2) is 0 Å². The first-order valence-corrected chi connectivity index (χ1v) is 7.83. The minimum atomic E-state index is -0.749. The van der Waals surface area contributed by atoms with Crippen molar-refractivity contribution in [3.05, 3.63) is 33.8 Å². The van der Waals surface area contributed by atoms with Crippen LogP contribution in [-0.2, 0) is 11.3 Å². The second-order valence-electron chi connectivity index (χ2n) is 5.72. The lowest BCUT2D eigenvalue weighted by molar-refractivity contribution is -0.137. The van der Waals surface area contributed by atoms with Gasteiger partial charge < -0.3 is 10.8 Å². The molecule has 116 valence electrons. The lowest BCUT2D eigenvalue weighted by atomic mass is 9.90. The Kier molecular flexibility index (Phi) is 5.88. The second-order valence-corrected chi connectivity index (χ2v) is 6.57. The molecule has 21 heavy (non-hydrogen) atoms. The Balaban J connectivity index is 1.97. The van der Waals surface area contributed by atoms with Crippen LogP contribution in [0.15, 0.2) is 18.2 Å². The number of piperidine rings is 1. The van der Waals surface area contributed by atoms with Gasteiger partial charge in [-0.3, -0.25) is 9.69 Å². The van der Waals surface area contributed by atoms with Crippen molar-refractivity contribution < 1.29 is 9.90 Å². The zero-order valence-electron chi connectivity index (χ0n) is 11.8. The third kappa shape index (κ3) is 5.15. The van der Waals surface area contributed by atoms with Crippen LogP contribution in [0.5, 0.6) is 0 Å². The third-order valence-corrected chi connectivity index (χ3v) is 4.41. The molecule has 3 N–H and O–H groups in total. The largest absolute Gasteiger partial charge is 0.481 e. The summed E-state index contributed by atoms with van der Waals surface area (Å²) >= 11 is 12.1. The average Bonchev–Trinajstić information content (AvgIpc) is 2.39. The number of carbonyl (C=O) groups is 1. The molecule has 4 nitrogen and oxygen atoms in total. The zero-order chi connectivity index (χ0) is 15.4. The maximum absolute atomic E-state index is 10.7. The molecular formula is C15H20Cl2N2O2. The van der Waals surface area contributed by atoms with E-state index in [9.17, 15) is 4.79 Å². The van der Waals surface area contributed by atoms with E-state index >= 15 is 0 Å². The van der Waals surface area contributed by atoms with Gasteiger partial charge in [-0.15, -0.1) is 0 Å². The number of benzene rings is 1. The normalized spacial score (nSPS) is 23.2. The number of nitrogens with zero attached hydrogens (tertiary/aromatic N) is 1. The molecule has 1 heterocycles. The van der Waals surface area contributed by atoms with Crippen molar-refractivity contribution in [2.75, 3.05) is 13.1 Å². The van der Waals surface area contributed by atoms with Gasteiger partial charge in [0.1, 0.15) is 0 Å². The minimum absolute atomic E-state index is 0.0867. The summed E-state index contributed by atoms with van der Waals surface area (Å²) in [6.45, 7) is 2.38. The van der Waals surface area contributed by atoms with Crippen LogP contribution in [0.2, 0.25) is 10.0 Å². The van der Waals surface area contributed by atoms with E-state index in [0.717, 1.165) is 25.1 Å². The number of aliphatic carboxylic acids is 1. The van der Waals surface area contributed by atoms with Gasteiger partial charge in [-0.1, -0.05) is 29.3 Å². The Hall–Kier alpha value is -0.810. The molecule has 0 spiro atoms. The highest BCUT2D eigenvalue weighted by molar-refractivity contribution is 6.35. The predicted molar refractivity (Wildman–Crippen MR) is 84.7 cm³/mol. The first kappa shape index (κ1) is 16.6. The average molecular weight is 331 g/mol. The van der Waals surface area contributed by atoms with E-state index in [-0.39, 0.29) is 12.5 Å². The van der Waals surface area contributed by atoms with Gasteiger partial charge in [-0.05, 0) is 36.5 Å². The van der Waals surface area contributed by atoms with Crippen LogP contribution < -0.4 is 5.73 Å². The Morgan fingerprint density at radius 1 is 1.38 bits per heavy atom. The molecule has 1 aliphatic rings. The molecule has 1 fully saturated rings. The molecule has 0 radical (unpaired) electrons. The van der Waals surface area contributed by atoms with Crippen LogP contribution in [0.1, 0.15) is 24.8 Å². The number of nitrogens with two attached hydrogens (primary N) is 1. The van der Waals surface area contributed by atoms with Crippen LogP contribution >= 0.6 is 23.2 Å². The number of likely N-dealkylation sites (tertiary alicyclic amines) is 1. The molecule has 1 aromatic rings. The standard InChI is InChI=1S/C15H20Cl2N2O2/c16-12-3-2-11(14(17)6-12)8-19-7-10(1-4-15(20)21)5-13(18)9-19/h2-3,6,10,13H,1,4-5,7-9,18H2,(H,20,21). The SMILES string of the molecule is NC1CC(CCC(=O)O)CN(Cc2ccc(Cl)cc2Cl)C1. The number of halogens is 2. The van der Waals surface area contributed by atoms with Gasteiger partial charge in [0.15, 0.2) is 0 Å². The quantitative estimate of drug-likeness (QED) is 0.870. The van der Waals surface area contributed by atoms with Crippen molar-refractivity contribution >= 4 is 29.2 Å². The van der Waals surface area contributed by atoms with Gasteiger partial charge in [0.05, 0.1) is 0 Å². The van der Waals surface area contributed by atoms with Crippen molar-refractivity contribution in [3.8, 4) is 0 Å². The van der Waals surface area contributed by atoms with E-state index in [1.54, 1.807) is 6.07 Å². The fourth-order valence-electron chi connectivity index (χ4n) is 2.91. The molecule has 0 bridgehead atoms. The van der Waals surface area contributed by atoms with Crippen LogP contribution in [-0.4, -0.2) is 35.1 Å². The van der Waals surface area contributed by atoms with Gasteiger partial charge >= 0.3 is 5.97 Å². The predicted octanol–water partition coefficient (Wildman–Crippen LogP) is 3.01. The first-order chi connectivity index (χ1) is 9.94. The lowest BCUT2D eigenvalue weighted by Gasteiger charge is -2.36. The smallest absolute Gasteiger partial charge is 0.303 e. The minimum Gasteiger partial charge on any atom is -0.481 e. The number of hydrogen-bond donors (Lipinski definition) is 2. The van der Waals surface area contributed by atoms with E-state index in [2.05, 4.69) is 4.90 Å². The van der Waals surface area contributed by atoms with Gasteiger partial charge in [0.25, 0.3) is 0 Å². The highest BCUT2D eigenvalue weighted by Crippen LogP contribution is 2.26. The first-order valence-electron chi connectivity index (χ1n) is 7.07. The molecule has 0 aromatic heterocycles. The fourth-order valence-corrected chi connectivity index (χ4v) is 3.37. The maximum atomic E-state index is 10.7. The van der Waals surface area contributed by atoms with E-state index < -0.39 is 5.97 Å². The van der Waals surface area contributed by atoms with Crippen LogP contribution in [0.4, 0.5) is 0 Å². The summed E-state index contributed by atoms with van der Waals surface area (Å²) in [7, 11) is 0. The third-order valence-electron chi connectivity index (χ3n) is 3.82. The molecule has 1 aliphatic heterocycles. The summed E-state index contributed by atoms with van der Waals surface area (Å²) in [5.41, 5.74) is 7.12. The highest BCUT2D eigenvalue weighted by Gasteiger charge is 2.25. The maximum Gasteiger partial charge on any atom is 0.303 e. The molecule has 0 amide bonds. The summed E-state index contributed by atoms with van der Waals surface area (Å²) in [5, 5.41) is 10.1. The van der Waals surface area contributed by atoms with Gasteiger partial charge in [0.2, 0.25) is 0 Å². The Labute approximate surface area is 134 Å². The Morgan fingerprint density at radius 2 is 2.14 bits per heavy atom. The molecule has 2 rings (SSSR count). The van der Waals surface area contributed by atoms with Crippen molar-refractivity contribution in [1.29, 1.82) is 0 Å². The number of hydrogen-bond acceptors (Lipinski definition) is 3. The van der Waals surface area contributed by atoms with Crippen molar-refractivity contribution in [3.63, 3.8) is 0 Å². The van der Waals surface area contributed by atoms with Crippen molar-refractivity contribution in [1.82, 2.24) is 4.90 Å². The number of rotatable bonds is 5.